The van der Waals surface area contributed by atoms with Gasteiger partial charge in [0.05, 0.1) is 12.1 Å². The zero-order valence-electron chi connectivity index (χ0n) is 17.3. The van der Waals surface area contributed by atoms with Crippen LogP contribution in [0.15, 0.2) is 60.8 Å². The first-order chi connectivity index (χ1) is 14.3. The van der Waals surface area contributed by atoms with Gasteiger partial charge in [-0.1, -0.05) is 42.2 Å². The van der Waals surface area contributed by atoms with E-state index >= 15 is 0 Å². The summed E-state index contributed by atoms with van der Waals surface area (Å²) in [5, 5.41) is 3.48. The lowest BCUT2D eigenvalue weighted by Crippen LogP contribution is -2.26. The Bertz CT molecular complexity index is 1100. The lowest BCUT2D eigenvalue weighted by Gasteiger charge is -2.19. The highest BCUT2D eigenvalue weighted by Crippen LogP contribution is 2.19. The molecule has 1 amide bonds. The van der Waals surface area contributed by atoms with Crippen LogP contribution in [0.4, 0.5) is 9.59 Å². The maximum atomic E-state index is 12.3. The van der Waals surface area contributed by atoms with Gasteiger partial charge in [-0.05, 0) is 50.6 Å². The third-order valence-corrected chi connectivity index (χ3v) is 4.05. The molecule has 0 aliphatic carbocycles. The van der Waals surface area contributed by atoms with E-state index in [1.54, 1.807) is 6.20 Å². The fourth-order valence-corrected chi connectivity index (χ4v) is 2.73. The molecule has 0 aliphatic heterocycles. The number of alkyl carbamates (subject to hydrolysis) is 1. The minimum absolute atomic E-state index is 0.171. The number of rotatable bonds is 3. The number of ether oxygens (including phenoxy) is 2. The molecule has 6 nitrogen and oxygen atoms in total. The van der Waals surface area contributed by atoms with Crippen molar-refractivity contribution in [3.8, 4) is 11.8 Å². The van der Waals surface area contributed by atoms with Crippen LogP contribution in [0.3, 0.4) is 0 Å². The summed E-state index contributed by atoms with van der Waals surface area (Å²) >= 11 is 0. The number of benzene rings is 2. The van der Waals surface area contributed by atoms with Crippen molar-refractivity contribution in [1.29, 1.82) is 0 Å². The highest BCUT2D eigenvalue weighted by Gasteiger charge is 2.18. The first kappa shape index (κ1) is 21.0. The zero-order valence-corrected chi connectivity index (χ0v) is 17.3. The Hall–Kier alpha value is -3.72. The van der Waals surface area contributed by atoms with E-state index < -0.39 is 17.8 Å². The molecule has 154 valence electrons. The number of amides is 1. The Morgan fingerprint density at radius 1 is 1.07 bits per heavy atom. The van der Waals surface area contributed by atoms with Crippen molar-refractivity contribution in [3.05, 3.63) is 71.9 Å². The number of carbonyl (C=O) groups is 2. The Kier molecular flexibility index (Phi) is 6.43. The van der Waals surface area contributed by atoms with Gasteiger partial charge in [-0.2, -0.15) is 0 Å². The van der Waals surface area contributed by atoms with Gasteiger partial charge in [-0.15, -0.1) is 0 Å². The molecule has 2 aromatic carbocycles. The normalized spacial score (nSPS) is 10.8. The maximum absolute atomic E-state index is 12.3. The fraction of sp³-hybridized carbons (Fsp3) is 0.250. The number of fused-ring (bicyclic) bond motifs is 1. The van der Waals surface area contributed by atoms with Gasteiger partial charge in [-0.3, -0.25) is 4.57 Å². The molecule has 1 aromatic heterocycles. The second-order valence-electron chi connectivity index (χ2n) is 7.66. The number of nitrogens with zero attached hydrogens (tertiary/aromatic N) is 1. The topological polar surface area (TPSA) is 69.6 Å². The number of aromatic nitrogens is 1. The number of hydrogen-bond donors (Lipinski definition) is 1. The monoisotopic (exact) mass is 404 g/mol. The van der Waals surface area contributed by atoms with Gasteiger partial charge in [0, 0.05) is 17.1 Å². The second-order valence-corrected chi connectivity index (χ2v) is 7.66. The van der Waals surface area contributed by atoms with Crippen LogP contribution in [0.25, 0.3) is 10.9 Å². The summed E-state index contributed by atoms with van der Waals surface area (Å²) in [4.78, 5) is 24.0. The largest absolute Gasteiger partial charge is 0.445 e. The Labute approximate surface area is 175 Å². The van der Waals surface area contributed by atoms with E-state index in [4.69, 9.17) is 9.47 Å². The fourth-order valence-electron chi connectivity index (χ4n) is 2.73. The Morgan fingerprint density at radius 2 is 1.83 bits per heavy atom. The highest BCUT2D eigenvalue weighted by molar-refractivity contribution is 5.90. The van der Waals surface area contributed by atoms with Gasteiger partial charge in [0.15, 0.2) is 0 Å². The molecule has 0 saturated carbocycles. The van der Waals surface area contributed by atoms with Gasteiger partial charge in [0.1, 0.15) is 12.2 Å². The van der Waals surface area contributed by atoms with Crippen molar-refractivity contribution in [2.45, 2.75) is 33.0 Å². The van der Waals surface area contributed by atoms with Crippen molar-refractivity contribution in [3.63, 3.8) is 0 Å². The highest BCUT2D eigenvalue weighted by atomic mass is 16.6. The molecule has 0 atom stereocenters. The number of nitrogens with one attached hydrogen (secondary N) is 1. The summed E-state index contributed by atoms with van der Waals surface area (Å²) in [5.41, 5.74) is 1.89. The molecular weight excluding hydrogens is 380 g/mol. The predicted molar refractivity (Wildman–Crippen MR) is 115 cm³/mol. The predicted octanol–water partition coefficient (Wildman–Crippen LogP) is 4.70. The van der Waals surface area contributed by atoms with E-state index in [0.717, 1.165) is 22.0 Å². The third kappa shape index (κ3) is 5.89. The van der Waals surface area contributed by atoms with Crippen LogP contribution in [0, 0.1) is 11.8 Å². The quantitative estimate of drug-likeness (QED) is 0.643. The average Bonchev–Trinajstić information content (AvgIpc) is 3.13. The molecule has 3 aromatic rings. The summed E-state index contributed by atoms with van der Waals surface area (Å²) < 4.78 is 12.0. The molecular formula is C24H24N2O4. The molecule has 1 N–H and O–H groups in total. The van der Waals surface area contributed by atoms with Crippen LogP contribution in [0.2, 0.25) is 0 Å². The summed E-state index contributed by atoms with van der Waals surface area (Å²) in [6.45, 7) is 5.87. The van der Waals surface area contributed by atoms with Gasteiger partial charge in [0.2, 0.25) is 0 Å². The minimum Gasteiger partial charge on any atom is -0.445 e. The molecule has 1 heterocycles. The Morgan fingerprint density at radius 3 is 2.57 bits per heavy atom. The SMILES string of the molecule is CC(C)(C)OC(=O)n1ccc2cc(C#CCNC(=O)OCc3ccccc3)ccc21. The first-order valence-corrected chi connectivity index (χ1v) is 9.60. The summed E-state index contributed by atoms with van der Waals surface area (Å²) in [6.07, 6.45) is 0.743. The lowest BCUT2D eigenvalue weighted by atomic mass is 10.1. The summed E-state index contributed by atoms with van der Waals surface area (Å²) in [7, 11) is 0. The molecule has 3 rings (SSSR count). The van der Waals surface area contributed by atoms with Crippen molar-refractivity contribution < 1.29 is 19.1 Å². The van der Waals surface area contributed by atoms with Crippen LogP contribution < -0.4 is 5.32 Å². The van der Waals surface area contributed by atoms with Crippen molar-refractivity contribution in [2.24, 2.45) is 0 Å². The zero-order chi connectivity index (χ0) is 21.6. The van der Waals surface area contributed by atoms with Crippen LogP contribution in [0.5, 0.6) is 0 Å². The maximum Gasteiger partial charge on any atom is 0.418 e. The molecule has 0 radical (unpaired) electrons. The van der Waals surface area contributed by atoms with E-state index in [-0.39, 0.29) is 13.2 Å². The molecule has 6 heteroatoms. The van der Waals surface area contributed by atoms with Crippen molar-refractivity contribution >= 4 is 23.1 Å². The van der Waals surface area contributed by atoms with Crippen LogP contribution in [-0.2, 0) is 16.1 Å². The number of carbonyl (C=O) groups excluding carboxylic acids is 2. The summed E-state index contributed by atoms with van der Waals surface area (Å²) in [6, 6.07) is 16.8. The van der Waals surface area contributed by atoms with Crippen molar-refractivity contribution in [2.75, 3.05) is 6.54 Å². The van der Waals surface area contributed by atoms with Crippen molar-refractivity contribution in [1.82, 2.24) is 9.88 Å². The number of hydrogen-bond acceptors (Lipinski definition) is 4. The molecule has 0 bridgehead atoms. The smallest absolute Gasteiger partial charge is 0.418 e. The van der Waals surface area contributed by atoms with Gasteiger partial charge in [-0.25, -0.2) is 9.59 Å². The van der Waals surface area contributed by atoms with Gasteiger partial charge < -0.3 is 14.8 Å². The molecule has 0 aliphatic rings. The van der Waals surface area contributed by atoms with E-state index in [0.29, 0.717) is 0 Å². The minimum atomic E-state index is -0.561. The molecule has 0 saturated heterocycles. The standard InChI is InChI=1S/C24H24N2O4/c1-24(2,3)30-23(28)26-15-13-20-16-18(11-12-21(20)26)10-7-14-25-22(27)29-17-19-8-5-4-6-9-19/h4-6,8-9,11-13,15-16H,14,17H2,1-3H3,(H,25,27). The van der Waals surface area contributed by atoms with Crippen LogP contribution in [0.1, 0.15) is 31.9 Å². The van der Waals surface area contributed by atoms with Crippen LogP contribution in [-0.4, -0.2) is 28.9 Å². The first-order valence-electron chi connectivity index (χ1n) is 9.60. The molecule has 30 heavy (non-hydrogen) atoms. The molecule has 0 fully saturated rings. The van der Waals surface area contributed by atoms with Crippen LogP contribution >= 0.6 is 0 Å². The van der Waals surface area contributed by atoms with E-state index in [1.165, 1.54) is 4.57 Å². The second kappa shape index (κ2) is 9.19. The molecule has 0 spiro atoms. The molecule has 0 unspecified atom stereocenters. The average molecular weight is 404 g/mol. The van der Waals surface area contributed by atoms with E-state index in [2.05, 4.69) is 17.2 Å². The van der Waals surface area contributed by atoms with E-state index in [1.807, 2.05) is 75.4 Å². The third-order valence-electron chi connectivity index (χ3n) is 4.05. The van der Waals surface area contributed by atoms with E-state index in [9.17, 15) is 9.59 Å². The lowest BCUT2D eigenvalue weighted by molar-refractivity contribution is 0.0544. The Balaban J connectivity index is 1.55. The summed E-state index contributed by atoms with van der Waals surface area (Å²) in [5.74, 6) is 5.89. The van der Waals surface area contributed by atoms with Gasteiger partial charge in [0.25, 0.3) is 0 Å². The van der Waals surface area contributed by atoms with Gasteiger partial charge >= 0.3 is 12.2 Å².